The Labute approximate surface area is 189 Å². The molecule has 1 aromatic heterocycles. The van der Waals surface area contributed by atoms with E-state index in [1.807, 2.05) is 6.07 Å². The Bertz CT molecular complexity index is 1300. The number of esters is 1. The van der Waals surface area contributed by atoms with E-state index in [-0.39, 0.29) is 43.6 Å². The Morgan fingerprint density at radius 2 is 1.91 bits per heavy atom. The molecule has 1 aliphatic rings. The Balaban J connectivity index is 1.89. The van der Waals surface area contributed by atoms with E-state index in [4.69, 9.17) is 10.5 Å². The summed E-state index contributed by atoms with van der Waals surface area (Å²) in [6.07, 6.45) is 0.180. The maximum atomic E-state index is 13.6. The molecule has 3 aromatic rings. The monoisotopic (exact) mass is 448 g/mol. The molecule has 9 heteroatoms. The van der Waals surface area contributed by atoms with Gasteiger partial charge in [0.25, 0.3) is 11.5 Å². The molecule has 9 nitrogen and oxygen atoms in total. The molecule has 1 atom stereocenters. The van der Waals surface area contributed by atoms with Gasteiger partial charge in [-0.25, -0.2) is 9.78 Å². The molecule has 4 rings (SSSR count). The van der Waals surface area contributed by atoms with E-state index < -0.39 is 28.9 Å². The summed E-state index contributed by atoms with van der Waals surface area (Å²) < 4.78 is 6.60. The van der Waals surface area contributed by atoms with Crippen LogP contribution in [0.25, 0.3) is 10.9 Å². The number of hydrogen-bond acceptors (Lipinski definition) is 7. The van der Waals surface area contributed by atoms with Crippen LogP contribution in [0.3, 0.4) is 0 Å². The van der Waals surface area contributed by atoms with Crippen molar-refractivity contribution < 1.29 is 19.1 Å². The fourth-order valence-corrected chi connectivity index (χ4v) is 4.17. The molecule has 1 saturated heterocycles. The first-order chi connectivity index (χ1) is 15.9. The molecule has 2 aromatic carbocycles. The van der Waals surface area contributed by atoms with Gasteiger partial charge >= 0.3 is 5.97 Å². The Morgan fingerprint density at radius 3 is 2.64 bits per heavy atom. The molecule has 0 spiro atoms. The number of benzene rings is 2. The van der Waals surface area contributed by atoms with Gasteiger partial charge in [-0.05, 0) is 43.0 Å². The highest BCUT2D eigenvalue weighted by Gasteiger charge is 2.52. The number of amides is 2. The van der Waals surface area contributed by atoms with Gasteiger partial charge in [0.1, 0.15) is 12.4 Å². The number of aromatic nitrogens is 2. The highest BCUT2D eigenvalue weighted by atomic mass is 16.5. The van der Waals surface area contributed by atoms with Crippen molar-refractivity contribution in [3.63, 3.8) is 0 Å². The molecule has 1 fully saturated rings. The van der Waals surface area contributed by atoms with Gasteiger partial charge in [0.15, 0.2) is 0 Å². The summed E-state index contributed by atoms with van der Waals surface area (Å²) in [5.74, 6) is -2.17. The molecule has 0 radical (unpaired) electrons. The number of carbonyl (C=O) groups excluding carboxylic acids is 3. The molecule has 3 N–H and O–H groups in total. The van der Waals surface area contributed by atoms with Gasteiger partial charge in [0.05, 0.1) is 10.9 Å². The molecule has 0 aliphatic carbocycles. The third kappa shape index (κ3) is 4.03. The average Bonchev–Trinajstić information content (AvgIpc) is 2.96. The van der Waals surface area contributed by atoms with Crippen molar-refractivity contribution >= 4 is 28.7 Å². The lowest BCUT2D eigenvalue weighted by molar-refractivity contribution is -0.161. The predicted octanol–water partition coefficient (Wildman–Crippen LogP) is 1.43. The van der Waals surface area contributed by atoms with Gasteiger partial charge in [-0.15, -0.1) is 0 Å². The molecule has 170 valence electrons. The van der Waals surface area contributed by atoms with Gasteiger partial charge < -0.3 is 10.5 Å². The van der Waals surface area contributed by atoms with Gasteiger partial charge in [-0.2, -0.15) is 0 Å². The van der Waals surface area contributed by atoms with Crippen LogP contribution in [0.15, 0.2) is 53.3 Å². The summed E-state index contributed by atoms with van der Waals surface area (Å²) in [5.41, 5.74) is 4.93. The maximum absolute atomic E-state index is 13.6. The standard InChI is InChI=1S/C24H24N4O5/c1-15-26-19-10-9-17(13-25)12-18(19)21(30)28(15)24(11-5-8-20(29)27-22(24)31)23(32)33-14-16-6-3-2-4-7-16/h2-4,6-7,9-10,12H,5,8,11,13-14,25H2,1H3,(H,27,29,31). The van der Waals surface area contributed by atoms with Crippen molar-refractivity contribution in [1.82, 2.24) is 14.9 Å². The fourth-order valence-electron chi connectivity index (χ4n) is 4.17. The summed E-state index contributed by atoms with van der Waals surface area (Å²) >= 11 is 0. The van der Waals surface area contributed by atoms with Crippen LogP contribution >= 0.6 is 0 Å². The number of nitrogens with one attached hydrogen (secondary N) is 1. The zero-order valence-corrected chi connectivity index (χ0v) is 18.2. The number of ether oxygens (including phenoxy) is 1. The highest BCUT2D eigenvalue weighted by Crippen LogP contribution is 2.30. The summed E-state index contributed by atoms with van der Waals surface area (Å²) in [6.45, 7) is 1.67. The van der Waals surface area contributed by atoms with Crippen LogP contribution in [-0.2, 0) is 37.8 Å². The van der Waals surface area contributed by atoms with Gasteiger partial charge in [-0.1, -0.05) is 36.4 Å². The topological polar surface area (TPSA) is 133 Å². The first-order valence-corrected chi connectivity index (χ1v) is 10.6. The smallest absolute Gasteiger partial charge is 0.342 e. The summed E-state index contributed by atoms with van der Waals surface area (Å²) in [5, 5.41) is 2.47. The molecular formula is C24H24N4O5. The quantitative estimate of drug-likeness (QED) is 0.343. The molecule has 1 unspecified atom stereocenters. The molecule has 0 saturated carbocycles. The second kappa shape index (κ2) is 8.95. The average molecular weight is 448 g/mol. The number of fused-ring (bicyclic) bond motifs is 1. The maximum Gasteiger partial charge on any atom is 0.342 e. The lowest BCUT2D eigenvalue weighted by Gasteiger charge is -2.31. The van der Waals surface area contributed by atoms with Crippen molar-refractivity contribution in [2.75, 3.05) is 0 Å². The summed E-state index contributed by atoms with van der Waals surface area (Å²) in [7, 11) is 0. The van der Waals surface area contributed by atoms with Crippen molar-refractivity contribution in [2.45, 2.75) is 44.9 Å². The van der Waals surface area contributed by atoms with E-state index in [1.165, 1.54) is 0 Å². The van der Waals surface area contributed by atoms with Crippen LogP contribution in [0.5, 0.6) is 0 Å². The van der Waals surface area contributed by atoms with Crippen LogP contribution in [0.4, 0.5) is 0 Å². The normalized spacial score (nSPS) is 18.6. The Kier molecular flexibility index (Phi) is 6.06. The van der Waals surface area contributed by atoms with Crippen LogP contribution < -0.4 is 16.6 Å². The summed E-state index contributed by atoms with van der Waals surface area (Å²) in [4.78, 5) is 57.0. The van der Waals surface area contributed by atoms with E-state index >= 15 is 0 Å². The molecule has 1 aliphatic heterocycles. The Morgan fingerprint density at radius 1 is 1.15 bits per heavy atom. The van der Waals surface area contributed by atoms with Gasteiger partial charge in [0, 0.05) is 13.0 Å². The van der Waals surface area contributed by atoms with Crippen LogP contribution in [0.2, 0.25) is 0 Å². The van der Waals surface area contributed by atoms with Crippen LogP contribution in [0.1, 0.15) is 36.2 Å². The number of nitrogens with two attached hydrogens (primary N) is 1. The summed E-state index contributed by atoms with van der Waals surface area (Å²) in [6, 6.07) is 14.0. The third-order valence-corrected chi connectivity index (χ3v) is 5.84. The number of hydrogen-bond donors (Lipinski definition) is 2. The molecular weight excluding hydrogens is 424 g/mol. The number of carbonyl (C=O) groups is 3. The highest BCUT2D eigenvalue weighted by molar-refractivity contribution is 6.11. The number of rotatable bonds is 5. The van der Waals surface area contributed by atoms with Crippen LogP contribution in [0, 0.1) is 6.92 Å². The minimum atomic E-state index is -2.07. The lowest BCUT2D eigenvalue weighted by Crippen LogP contribution is -2.58. The first kappa shape index (κ1) is 22.3. The third-order valence-electron chi connectivity index (χ3n) is 5.84. The SMILES string of the molecule is Cc1nc2ccc(CN)cc2c(=O)n1C1(C(=O)OCc2ccccc2)CCCC(=O)NC1=O. The number of nitrogens with zero attached hydrogens (tertiary/aromatic N) is 2. The van der Waals surface area contributed by atoms with E-state index in [1.54, 1.807) is 49.4 Å². The van der Waals surface area contributed by atoms with E-state index in [0.29, 0.717) is 11.1 Å². The predicted molar refractivity (Wildman–Crippen MR) is 120 cm³/mol. The largest absolute Gasteiger partial charge is 0.459 e. The lowest BCUT2D eigenvalue weighted by atomic mass is 9.91. The first-order valence-electron chi connectivity index (χ1n) is 10.6. The Hall–Kier alpha value is -3.85. The molecule has 2 heterocycles. The van der Waals surface area contributed by atoms with Crippen molar-refractivity contribution in [3.05, 3.63) is 75.8 Å². The zero-order valence-electron chi connectivity index (χ0n) is 18.2. The van der Waals surface area contributed by atoms with E-state index in [0.717, 1.165) is 10.1 Å². The zero-order chi connectivity index (χ0) is 23.6. The number of imide groups is 1. The van der Waals surface area contributed by atoms with Crippen molar-refractivity contribution in [1.29, 1.82) is 0 Å². The minimum absolute atomic E-state index is 0.0472. The van der Waals surface area contributed by atoms with Crippen molar-refractivity contribution in [3.8, 4) is 0 Å². The molecule has 0 bridgehead atoms. The second-order valence-corrected chi connectivity index (χ2v) is 8.01. The fraction of sp³-hybridized carbons (Fsp3) is 0.292. The van der Waals surface area contributed by atoms with E-state index in [2.05, 4.69) is 10.3 Å². The molecule has 2 amide bonds. The van der Waals surface area contributed by atoms with E-state index in [9.17, 15) is 19.2 Å². The van der Waals surface area contributed by atoms with Gasteiger partial charge in [-0.3, -0.25) is 24.3 Å². The number of aryl methyl sites for hydroxylation is 1. The second-order valence-electron chi connectivity index (χ2n) is 8.01. The minimum Gasteiger partial charge on any atom is -0.459 e. The van der Waals surface area contributed by atoms with Gasteiger partial charge in [0.2, 0.25) is 11.4 Å². The molecule has 33 heavy (non-hydrogen) atoms. The van der Waals surface area contributed by atoms with Crippen LogP contribution in [-0.4, -0.2) is 27.3 Å². The van der Waals surface area contributed by atoms with Crippen molar-refractivity contribution in [2.24, 2.45) is 5.73 Å².